The quantitative estimate of drug-likeness (QED) is 0.736. The SMILES string of the molecule is O=C(Cc1ccc(OC2CCN(C3CCC3)CC2)cc1)CN1CCOCC1. The smallest absolute Gasteiger partial charge is 0.151 e. The topological polar surface area (TPSA) is 42.0 Å². The van der Waals surface area contributed by atoms with Crippen LogP contribution in [-0.4, -0.2) is 73.7 Å². The van der Waals surface area contributed by atoms with E-state index >= 15 is 0 Å². The second-order valence-electron chi connectivity index (χ2n) is 8.19. The molecule has 0 unspecified atom stereocenters. The number of rotatable bonds is 7. The van der Waals surface area contributed by atoms with Gasteiger partial charge in [0.25, 0.3) is 0 Å². The predicted molar refractivity (Wildman–Crippen MR) is 105 cm³/mol. The second-order valence-corrected chi connectivity index (χ2v) is 8.19. The molecule has 0 bridgehead atoms. The maximum absolute atomic E-state index is 12.3. The summed E-state index contributed by atoms with van der Waals surface area (Å²) >= 11 is 0. The van der Waals surface area contributed by atoms with Crippen molar-refractivity contribution in [1.82, 2.24) is 9.80 Å². The molecule has 1 aromatic carbocycles. The Morgan fingerprint density at radius 1 is 1.00 bits per heavy atom. The molecule has 3 aliphatic rings. The molecule has 0 spiro atoms. The maximum Gasteiger partial charge on any atom is 0.151 e. The van der Waals surface area contributed by atoms with Crippen molar-refractivity contribution in [2.75, 3.05) is 45.9 Å². The lowest BCUT2D eigenvalue weighted by atomic mass is 9.90. The fourth-order valence-corrected chi connectivity index (χ4v) is 4.28. The third-order valence-corrected chi connectivity index (χ3v) is 6.20. The van der Waals surface area contributed by atoms with Gasteiger partial charge in [0.2, 0.25) is 0 Å². The zero-order valence-corrected chi connectivity index (χ0v) is 16.3. The van der Waals surface area contributed by atoms with E-state index in [2.05, 4.69) is 9.80 Å². The molecule has 5 nitrogen and oxygen atoms in total. The first-order chi connectivity index (χ1) is 13.3. The summed E-state index contributed by atoms with van der Waals surface area (Å²) in [6.45, 7) is 6.06. The van der Waals surface area contributed by atoms with Crippen LogP contribution in [-0.2, 0) is 16.0 Å². The van der Waals surface area contributed by atoms with Gasteiger partial charge in [-0.25, -0.2) is 0 Å². The minimum absolute atomic E-state index is 0.272. The number of carbonyl (C=O) groups excluding carboxylic acids is 1. The van der Waals surface area contributed by atoms with Gasteiger partial charge in [-0.15, -0.1) is 0 Å². The van der Waals surface area contributed by atoms with Crippen LogP contribution in [0.5, 0.6) is 5.75 Å². The Hall–Kier alpha value is -1.43. The molecule has 0 aromatic heterocycles. The molecule has 1 aromatic rings. The molecular formula is C22H32N2O3. The van der Waals surface area contributed by atoms with Crippen LogP contribution in [0, 0.1) is 0 Å². The van der Waals surface area contributed by atoms with Crippen molar-refractivity contribution in [2.45, 2.75) is 50.7 Å². The van der Waals surface area contributed by atoms with Crippen LogP contribution in [0.25, 0.3) is 0 Å². The fraction of sp³-hybridized carbons (Fsp3) is 0.682. The Labute approximate surface area is 162 Å². The molecule has 2 aliphatic heterocycles. The van der Waals surface area contributed by atoms with Gasteiger partial charge in [-0.2, -0.15) is 0 Å². The van der Waals surface area contributed by atoms with Gasteiger partial charge in [0.1, 0.15) is 11.9 Å². The number of nitrogens with zero attached hydrogens (tertiary/aromatic N) is 2. The van der Waals surface area contributed by atoms with E-state index in [4.69, 9.17) is 9.47 Å². The van der Waals surface area contributed by atoms with Crippen molar-refractivity contribution in [3.05, 3.63) is 29.8 Å². The van der Waals surface area contributed by atoms with Crippen molar-refractivity contribution in [1.29, 1.82) is 0 Å². The molecule has 0 radical (unpaired) electrons. The van der Waals surface area contributed by atoms with Crippen LogP contribution in [0.15, 0.2) is 24.3 Å². The third kappa shape index (κ3) is 5.31. The maximum atomic E-state index is 12.3. The first-order valence-electron chi connectivity index (χ1n) is 10.6. The average Bonchev–Trinajstić information content (AvgIpc) is 2.64. The summed E-state index contributed by atoms with van der Waals surface area (Å²) < 4.78 is 11.5. The lowest BCUT2D eigenvalue weighted by Crippen LogP contribution is -2.46. The van der Waals surface area contributed by atoms with Crippen LogP contribution in [0.2, 0.25) is 0 Å². The third-order valence-electron chi connectivity index (χ3n) is 6.20. The van der Waals surface area contributed by atoms with E-state index in [1.54, 1.807) is 0 Å². The molecule has 27 heavy (non-hydrogen) atoms. The van der Waals surface area contributed by atoms with Gasteiger partial charge in [0.05, 0.1) is 19.8 Å². The van der Waals surface area contributed by atoms with Gasteiger partial charge >= 0.3 is 0 Å². The standard InChI is InChI=1S/C22H32N2O3/c25-20(17-23-12-14-26-15-13-23)16-18-4-6-21(7-5-18)27-22-8-10-24(11-9-22)19-2-1-3-19/h4-7,19,22H,1-3,8-17H2. The minimum atomic E-state index is 0.272. The number of hydrogen-bond donors (Lipinski definition) is 0. The number of piperidine rings is 1. The Morgan fingerprint density at radius 2 is 1.70 bits per heavy atom. The van der Waals surface area contributed by atoms with E-state index in [0.717, 1.165) is 56.5 Å². The Balaban J connectivity index is 1.20. The summed E-state index contributed by atoms with van der Waals surface area (Å²) in [4.78, 5) is 17.1. The van der Waals surface area contributed by atoms with E-state index in [-0.39, 0.29) is 5.78 Å². The number of carbonyl (C=O) groups is 1. The number of ketones is 1. The number of hydrogen-bond acceptors (Lipinski definition) is 5. The van der Waals surface area contributed by atoms with Gasteiger partial charge in [-0.1, -0.05) is 18.6 Å². The molecule has 0 atom stereocenters. The van der Waals surface area contributed by atoms with E-state index in [1.165, 1.54) is 32.4 Å². The van der Waals surface area contributed by atoms with Crippen molar-refractivity contribution < 1.29 is 14.3 Å². The van der Waals surface area contributed by atoms with Gasteiger partial charge in [0, 0.05) is 38.6 Å². The van der Waals surface area contributed by atoms with Crippen molar-refractivity contribution in [2.24, 2.45) is 0 Å². The van der Waals surface area contributed by atoms with E-state index in [0.29, 0.717) is 19.1 Å². The number of likely N-dealkylation sites (tertiary alicyclic amines) is 1. The second kappa shape index (κ2) is 9.18. The molecule has 2 saturated heterocycles. The highest BCUT2D eigenvalue weighted by atomic mass is 16.5. The minimum Gasteiger partial charge on any atom is -0.490 e. The highest BCUT2D eigenvalue weighted by Crippen LogP contribution is 2.28. The van der Waals surface area contributed by atoms with Gasteiger partial charge in [0.15, 0.2) is 5.78 Å². The number of ether oxygens (including phenoxy) is 2. The number of benzene rings is 1. The highest BCUT2D eigenvalue weighted by molar-refractivity contribution is 5.82. The molecule has 2 heterocycles. The van der Waals surface area contributed by atoms with E-state index < -0.39 is 0 Å². The van der Waals surface area contributed by atoms with Crippen molar-refractivity contribution >= 4 is 5.78 Å². The molecule has 0 N–H and O–H groups in total. The molecule has 5 heteroatoms. The van der Waals surface area contributed by atoms with Crippen LogP contribution in [0.3, 0.4) is 0 Å². The number of Topliss-reactive ketones (excluding diaryl/α,β-unsaturated/α-hetero) is 1. The van der Waals surface area contributed by atoms with Crippen LogP contribution < -0.4 is 4.74 Å². The Bertz CT molecular complexity index is 600. The lowest BCUT2D eigenvalue weighted by molar-refractivity contribution is -0.120. The summed E-state index contributed by atoms with van der Waals surface area (Å²) in [7, 11) is 0. The fourth-order valence-electron chi connectivity index (χ4n) is 4.28. The first-order valence-corrected chi connectivity index (χ1v) is 10.6. The van der Waals surface area contributed by atoms with Gasteiger partial charge < -0.3 is 14.4 Å². The van der Waals surface area contributed by atoms with Crippen LogP contribution in [0.1, 0.15) is 37.7 Å². The molecule has 1 aliphatic carbocycles. The van der Waals surface area contributed by atoms with Gasteiger partial charge in [-0.05, 0) is 43.4 Å². The average molecular weight is 373 g/mol. The van der Waals surface area contributed by atoms with Crippen LogP contribution in [0.4, 0.5) is 0 Å². The first kappa shape index (κ1) is 18.9. The highest BCUT2D eigenvalue weighted by Gasteiger charge is 2.29. The zero-order chi connectivity index (χ0) is 18.5. The molecule has 148 valence electrons. The predicted octanol–water partition coefficient (Wildman–Crippen LogP) is 2.53. The molecule has 4 rings (SSSR count). The normalized spacial score (nSPS) is 23.1. The summed E-state index contributed by atoms with van der Waals surface area (Å²) in [6, 6.07) is 8.97. The van der Waals surface area contributed by atoms with E-state index in [9.17, 15) is 4.79 Å². The largest absolute Gasteiger partial charge is 0.490 e. The zero-order valence-electron chi connectivity index (χ0n) is 16.3. The summed E-state index contributed by atoms with van der Waals surface area (Å²) in [6.07, 6.45) is 7.25. The molecular weight excluding hydrogens is 340 g/mol. The molecule has 3 fully saturated rings. The summed E-state index contributed by atoms with van der Waals surface area (Å²) in [5.74, 6) is 1.20. The molecule has 1 saturated carbocycles. The van der Waals surface area contributed by atoms with Gasteiger partial charge in [-0.3, -0.25) is 9.69 Å². The summed E-state index contributed by atoms with van der Waals surface area (Å²) in [5, 5.41) is 0. The Morgan fingerprint density at radius 3 is 2.33 bits per heavy atom. The lowest BCUT2D eigenvalue weighted by Gasteiger charge is -2.41. The van der Waals surface area contributed by atoms with Crippen LogP contribution >= 0.6 is 0 Å². The number of morpholine rings is 1. The Kier molecular flexibility index (Phi) is 6.43. The van der Waals surface area contributed by atoms with Crippen molar-refractivity contribution in [3.8, 4) is 5.75 Å². The van der Waals surface area contributed by atoms with E-state index in [1.807, 2.05) is 24.3 Å². The summed E-state index contributed by atoms with van der Waals surface area (Å²) in [5.41, 5.74) is 1.07. The molecule has 0 amide bonds. The van der Waals surface area contributed by atoms with Crippen molar-refractivity contribution in [3.63, 3.8) is 0 Å². The monoisotopic (exact) mass is 372 g/mol.